The van der Waals surface area contributed by atoms with Gasteiger partial charge in [-0.15, -0.1) is 11.6 Å². The van der Waals surface area contributed by atoms with Gasteiger partial charge >= 0.3 is 0 Å². The summed E-state index contributed by atoms with van der Waals surface area (Å²) in [6.07, 6.45) is 8.62. The molecule has 0 aromatic carbocycles. The minimum atomic E-state index is 0.381. The van der Waals surface area contributed by atoms with Crippen LogP contribution in [0, 0.1) is 5.41 Å². The molecule has 2 atom stereocenters. The van der Waals surface area contributed by atoms with Crippen molar-refractivity contribution in [1.29, 1.82) is 0 Å². The van der Waals surface area contributed by atoms with E-state index in [4.69, 9.17) is 16.3 Å². The quantitative estimate of drug-likeness (QED) is 0.752. The molecule has 94 valence electrons. The minimum absolute atomic E-state index is 0.381. The summed E-state index contributed by atoms with van der Waals surface area (Å²) in [5, 5.41) is 3.57. The Labute approximate surface area is 104 Å². The SMILES string of the molecule is CC1CCC(CNCC2(CCl)CCCC2)O1. The summed E-state index contributed by atoms with van der Waals surface area (Å²) >= 11 is 6.11. The molecule has 0 bridgehead atoms. The predicted molar refractivity (Wildman–Crippen MR) is 68.1 cm³/mol. The van der Waals surface area contributed by atoms with Crippen LogP contribution in [0.15, 0.2) is 0 Å². The molecule has 1 saturated heterocycles. The summed E-state index contributed by atoms with van der Waals surface area (Å²) in [4.78, 5) is 0. The molecule has 2 rings (SSSR count). The van der Waals surface area contributed by atoms with Crippen molar-refractivity contribution in [2.45, 2.75) is 57.7 Å². The monoisotopic (exact) mass is 245 g/mol. The van der Waals surface area contributed by atoms with Crippen LogP contribution in [0.5, 0.6) is 0 Å². The lowest BCUT2D eigenvalue weighted by atomic mass is 9.88. The molecule has 3 heteroatoms. The lowest BCUT2D eigenvalue weighted by molar-refractivity contribution is 0.0545. The largest absolute Gasteiger partial charge is 0.374 e. The van der Waals surface area contributed by atoms with Gasteiger partial charge in [0.25, 0.3) is 0 Å². The number of halogens is 1. The summed E-state index contributed by atoms with van der Waals surface area (Å²) < 4.78 is 5.80. The summed E-state index contributed by atoms with van der Waals surface area (Å²) in [5.74, 6) is 0.807. The molecule has 1 heterocycles. The van der Waals surface area contributed by atoms with Gasteiger partial charge in [-0.25, -0.2) is 0 Å². The van der Waals surface area contributed by atoms with E-state index in [2.05, 4.69) is 12.2 Å². The number of rotatable bonds is 5. The fourth-order valence-electron chi connectivity index (χ4n) is 3.02. The highest BCUT2D eigenvalue weighted by Gasteiger charge is 2.33. The van der Waals surface area contributed by atoms with Gasteiger partial charge < -0.3 is 10.1 Å². The third-order valence-electron chi connectivity index (χ3n) is 4.14. The van der Waals surface area contributed by atoms with Gasteiger partial charge in [0.15, 0.2) is 0 Å². The Balaban J connectivity index is 1.67. The van der Waals surface area contributed by atoms with Crippen LogP contribution in [0.4, 0.5) is 0 Å². The van der Waals surface area contributed by atoms with Crippen molar-refractivity contribution < 1.29 is 4.74 Å². The normalized spacial score (nSPS) is 33.4. The van der Waals surface area contributed by atoms with E-state index in [0.29, 0.717) is 17.6 Å². The van der Waals surface area contributed by atoms with E-state index in [0.717, 1.165) is 19.0 Å². The van der Waals surface area contributed by atoms with E-state index >= 15 is 0 Å². The van der Waals surface area contributed by atoms with Gasteiger partial charge in [-0.1, -0.05) is 12.8 Å². The second kappa shape index (κ2) is 5.70. The minimum Gasteiger partial charge on any atom is -0.374 e. The molecule has 0 aromatic rings. The zero-order valence-electron chi connectivity index (χ0n) is 10.3. The average Bonchev–Trinajstić information content (AvgIpc) is 2.89. The van der Waals surface area contributed by atoms with Crippen molar-refractivity contribution in [3.8, 4) is 0 Å². The molecule has 0 amide bonds. The van der Waals surface area contributed by atoms with Crippen LogP contribution < -0.4 is 5.32 Å². The maximum atomic E-state index is 6.11. The van der Waals surface area contributed by atoms with Gasteiger partial charge in [-0.2, -0.15) is 0 Å². The van der Waals surface area contributed by atoms with E-state index in [1.54, 1.807) is 0 Å². The fraction of sp³-hybridized carbons (Fsp3) is 1.00. The average molecular weight is 246 g/mol. The molecular weight excluding hydrogens is 222 g/mol. The first-order chi connectivity index (χ1) is 7.74. The Morgan fingerprint density at radius 1 is 1.31 bits per heavy atom. The molecule has 1 aliphatic carbocycles. The maximum absolute atomic E-state index is 6.11. The summed E-state index contributed by atoms with van der Waals surface area (Å²) in [6.45, 7) is 4.24. The first-order valence-electron chi connectivity index (χ1n) is 6.66. The van der Waals surface area contributed by atoms with E-state index in [1.807, 2.05) is 0 Å². The Kier molecular flexibility index (Phi) is 4.51. The van der Waals surface area contributed by atoms with E-state index in [1.165, 1.54) is 38.5 Å². The number of ether oxygens (including phenoxy) is 1. The Morgan fingerprint density at radius 3 is 2.62 bits per heavy atom. The zero-order chi connectivity index (χ0) is 11.4. The van der Waals surface area contributed by atoms with Crippen LogP contribution in [-0.4, -0.2) is 31.2 Å². The molecule has 2 fully saturated rings. The molecule has 0 radical (unpaired) electrons. The van der Waals surface area contributed by atoms with Crippen molar-refractivity contribution in [1.82, 2.24) is 5.32 Å². The predicted octanol–water partition coefficient (Wildman–Crippen LogP) is 2.94. The highest BCUT2D eigenvalue weighted by atomic mass is 35.5. The first kappa shape index (κ1) is 12.7. The molecular formula is C13H24ClNO. The van der Waals surface area contributed by atoms with Gasteiger partial charge in [0.05, 0.1) is 12.2 Å². The number of hydrogen-bond donors (Lipinski definition) is 1. The second-order valence-corrected chi connectivity index (χ2v) is 5.88. The molecule has 2 aliphatic rings. The standard InChI is InChI=1S/C13H24ClNO/c1-11-4-5-12(16-11)8-15-10-13(9-14)6-2-3-7-13/h11-12,15H,2-10H2,1H3. The van der Waals surface area contributed by atoms with Crippen LogP contribution in [0.1, 0.15) is 45.4 Å². The van der Waals surface area contributed by atoms with E-state index < -0.39 is 0 Å². The highest BCUT2D eigenvalue weighted by molar-refractivity contribution is 6.18. The van der Waals surface area contributed by atoms with Crippen molar-refractivity contribution in [3.63, 3.8) is 0 Å². The smallest absolute Gasteiger partial charge is 0.0704 e. The molecule has 0 spiro atoms. The van der Waals surface area contributed by atoms with Crippen molar-refractivity contribution in [3.05, 3.63) is 0 Å². The Hall–Kier alpha value is 0.210. The molecule has 2 unspecified atom stereocenters. The number of hydrogen-bond acceptors (Lipinski definition) is 2. The fourth-order valence-corrected chi connectivity index (χ4v) is 3.38. The lowest BCUT2D eigenvalue weighted by Crippen LogP contribution is -2.37. The maximum Gasteiger partial charge on any atom is 0.0704 e. The van der Waals surface area contributed by atoms with Gasteiger partial charge in [0.2, 0.25) is 0 Å². The molecule has 0 aromatic heterocycles. The lowest BCUT2D eigenvalue weighted by Gasteiger charge is -2.27. The third kappa shape index (κ3) is 3.12. The van der Waals surface area contributed by atoms with Gasteiger partial charge in [0, 0.05) is 19.0 Å². The van der Waals surface area contributed by atoms with Crippen LogP contribution in [0.2, 0.25) is 0 Å². The van der Waals surface area contributed by atoms with Crippen LogP contribution in [0.3, 0.4) is 0 Å². The van der Waals surface area contributed by atoms with Crippen molar-refractivity contribution in [2.24, 2.45) is 5.41 Å². The molecule has 1 aliphatic heterocycles. The topological polar surface area (TPSA) is 21.3 Å². The van der Waals surface area contributed by atoms with E-state index in [9.17, 15) is 0 Å². The van der Waals surface area contributed by atoms with Gasteiger partial charge in [-0.3, -0.25) is 0 Å². The molecule has 1 N–H and O–H groups in total. The third-order valence-corrected chi connectivity index (χ3v) is 4.71. The Morgan fingerprint density at radius 2 is 2.06 bits per heavy atom. The van der Waals surface area contributed by atoms with Crippen LogP contribution in [-0.2, 0) is 4.74 Å². The second-order valence-electron chi connectivity index (χ2n) is 5.62. The van der Waals surface area contributed by atoms with Gasteiger partial charge in [0.1, 0.15) is 0 Å². The van der Waals surface area contributed by atoms with Crippen molar-refractivity contribution in [2.75, 3.05) is 19.0 Å². The zero-order valence-corrected chi connectivity index (χ0v) is 11.1. The Bertz CT molecular complexity index is 216. The summed E-state index contributed by atoms with van der Waals surface area (Å²) in [6, 6.07) is 0. The van der Waals surface area contributed by atoms with Crippen LogP contribution in [0.25, 0.3) is 0 Å². The molecule has 2 nitrogen and oxygen atoms in total. The first-order valence-corrected chi connectivity index (χ1v) is 7.20. The van der Waals surface area contributed by atoms with Crippen LogP contribution >= 0.6 is 11.6 Å². The summed E-state index contributed by atoms with van der Waals surface area (Å²) in [7, 11) is 0. The van der Waals surface area contributed by atoms with Crippen molar-refractivity contribution >= 4 is 11.6 Å². The summed E-state index contributed by atoms with van der Waals surface area (Å²) in [5.41, 5.74) is 0.381. The molecule has 16 heavy (non-hydrogen) atoms. The van der Waals surface area contributed by atoms with Gasteiger partial charge in [-0.05, 0) is 38.0 Å². The number of nitrogens with one attached hydrogen (secondary N) is 1. The number of alkyl halides is 1. The highest BCUT2D eigenvalue weighted by Crippen LogP contribution is 2.38. The molecule has 1 saturated carbocycles. The van der Waals surface area contributed by atoms with E-state index in [-0.39, 0.29) is 0 Å².